The zero-order valence-corrected chi connectivity index (χ0v) is 12.1. The standard InChI is InChI=1S/C13H22N4O3/c1-9(13(19)20)5-4-6-10(2)16-12(18)11(3)17-8-14-7-15-17/h7-11H,4-6H2,1-3H3,(H,16,18)(H,19,20). The summed E-state index contributed by atoms with van der Waals surface area (Å²) in [6.45, 7) is 5.36. The molecular weight excluding hydrogens is 260 g/mol. The van der Waals surface area contributed by atoms with Gasteiger partial charge < -0.3 is 10.4 Å². The Labute approximate surface area is 118 Å². The van der Waals surface area contributed by atoms with Crippen LogP contribution in [-0.2, 0) is 9.59 Å². The first-order valence-corrected chi connectivity index (χ1v) is 6.79. The van der Waals surface area contributed by atoms with Crippen LogP contribution in [-0.4, -0.2) is 37.8 Å². The SMILES string of the molecule is CC(CCCC(C)C(=O)O)NC(=O)C(C)n1cncn1. The molecular formula is C13H22N4O3. The molecule has 0 aliphatic rings. The fourth-order valence-corrected chi connectivity index (χ4v) is 1.83. The van der Waals surface area contributed by atoms with Crippen molar-refractivity contribution in [3.63, 3.8) is 0 Å². The molecule has 1 amide bonds. The number of aromatic nitrogens is 3. The van der Waals surface area contributed by atoms with E-state index in [4.69, 9.17) is 5.11 Å². The summed E-state index contributed by atoms with van der Waals surface area (Å²) in [5.41, 5.74) is 0. The van der Waals surface area contributed by atoms with E-state index in [0.29, 0.717) is 6.42 Å². The molecule has 3 atom stereocenters. The van der Waals surface area contributed by atoms with Gasteiger partial charge >= 0.3 is 5.97 Å². The number of hydrogen-bond acceptors (Lipinski definition) is 4. The molecule has 0 aliphatic heterocycles. The molecule has 1 heterocycles. The molecule has 0 spiro atoms. The van der Waals surface area contributed by atoms with Crippen LogP contribution in [0.2, 0.25) is 0 Å². The Morgan fingerprint density at radius 2 is 2.00 bits per heavy atom. The van der Waals surface area contributed by atoms with Gasteiger partial charge in [0.25, 0.3) is 0 Å². The molecule has 3 unspecified atom stereocenters. The van der Waals surface area contributed by atoms with Crippen molar-refractivity contribution in [3.05, 3.63) is 12.7 Å². The summed E-state index contributed by atoms with van der Waals surface area (Å²) in [5.74, 6) is -1.23. The van der Waals surface area contributed by atoms with Gasteiger partial charge in [-0.15, -0.1) is 0 Å². The zero-order chi connectivity index (χ0) is 15.1. The first kappa shape index (κ1) is 16.1. The average molecular weight is 282 g/mol. The van der Waals surface area contributed by atoms with Gasteiger partial charge in [-0.3, -0.25) is 9.59 Å². The van der Waals surface area contributed by atoms with Gasteiger partial charge in [-0.05, 0) is 26.7 Å². The lowest BCUT2D eigenvalue weighted by molar-refractivity contribution is -0.141. The highest BCUT2D eigenvalue weighted by Gasteiger charge is 2.17. The van der Waals surface area contributed by atoms with Crippen molar-refractivity contribution in [1.82, 2.24) is 20.1 Å². The fourth-order valence-electron chi connectivity index (χ4n) is 1.83. The molecule has 0 saturated carbocycles. The Morgan fingerprint density at radius 3 is 2.55 bits per heavy atom. The Kier molecular flexibility index (Phi) is 6.14. The molecule has 0 radical (unpaired) electrons. The van der Waals surface area contributed by atoms with E-state index in [-0.39, 0.29) is 17.9 Å². The fraction of sp³-hybridized carbons (Fsp3) is 0.692. The van der Waals surface area contributed by atoms with E-state index in [1.807, 2.05) is 6.92 Å². The van der Waals surface area contributed by atoms with E-state index >= 15 is 0 Å². The number of nitrogens with one attached hydrogen (secondary N) is 1. The van der Waals surface area contributed by atoms with Crippen LogP contribution in [0.1, 0.15) is 46.1 Å². The molecule has 7 heteroatoms. The topological polar surface area (TPSA) is 97.1 Å². The number of aliphatic carboxylic acids is 1. The van der Waals surface area contributed by atoms with Crippen molar-refractivity contribution < 1.29 is 14.7 Å². The van der Waals surface area contributed by atoms with Crippen LogP contribution in [0.25, 0.3) is 0 Å². The van der Waals surface area contributed by atoms with Crippen molar-refractivity contribution >= 4 is 11.9 Å². The molecule has 0 aliphatic carbocycles. The Bertz CT molecular complexity index is 433. The molecule has 1 aromatic rings. The number of carbonyl (C=O) groups is 2. The first-order chi connectivity index (χ1) is 9.41. The lowest BCUT2D eigenvalue weighted by atomic mass is 10.0. The molecule has 0 fully saturated rings. The third kappa shape index (κ3) is 4.99. The summed E-state index contributed by atoms with van der Waals surface area (Å²) < 4.78 is 1.49. The lowest BCUT2D eigenvalue weighted by Crippen LogP contribution is -2.37. The van der Waals surface area contributed by atoms with Crippen LogP contribution in [0.4, 0.5) is 0 Å². The Hall–Kier alpha value is -1.92. The van der Waals surface area contributed by atoms with Gasteiger partial charge in [-0.2, -0.15) is 5.10 Å². The van der Waals surface area contributed by atoms with Gasteiger partial charge in [-0.25, -0.2) is 9.67 Å². The monoisotopic (exact) mass is 282 g/mol. The molecule has 2 N–H and O–H groups in total. The predicted octanol–water partition coefficient (Wildman–Crippen LogP) is 1.23. The van der Waals surface area contributed by atoms with Crippen molar-refractivity contribution in [1.29, 1.82) is 0 Å². The van der Waals surface area contributed by atoms with E-state index in [9.17, 15) is 9.59 Å². The maximum Gasteiger partial charge on any atom is 0.306 e. The summed E-state index contributed by atoms with van der Waals surface area (Å²) in [5, 5.41) is 15.6. The largest absolute Gasteiger partial charge is 0.481 e. The molecule has 1 aromatic heterocycles. The van der Waals surface area contributed by atoms with Crippen LogP contribution < -0.4 is 5.32 Å². The quantitative estimate of drug-likeness (QED) is 0.747. The van der Waals surface area contributed by atoms with E-state index in [1.54, 1.807) is 13.8 Å². The number of nitrogens with zero attached hydrogens (tertiary/aromatic N) is 3. The Morgan fingerprint density at radius 1 is 1.30 bits per heavy atom. The second-order valence-corrected chi connectivity index (χ2v) is 5.13. The van der Waals surface area contributed by atoms with Gasteiger partial charge in [0, 0.05) is 6.04 Å². The number of carboxylic acid groups (broad SMARTS) is 1. The van der Waals surface area contributed by atoms with Crippen LogP contribution in [0, 0.1) is 5.92 Å². The maximum atomic E-state index is 12.0. The van der Waals surface area contributed by atoms with Crippen LogP contribution in [0.3, 0.4) is 0 Å². The summed E-state index contributed by atoms with van der Waals surface area (Å²) in [4.78, 5) is 26.5. The highest BCUT2D eigenvalue weighted by atomic mass is 16.4. The summed E-state index contributed by atoms with van der Waals surface area (Å²) in [6.07, 6.45) is 5.04. The number of hydrogen-bond donors (Lipinski definition) is 2. The summed E-state index contributed by atoms with van der Waals surface area (Å²) in [7, 11) is 0. The number of rotatable bonds is 8. The minimum Gasteiger partial charge on any atom is -0.481 e. The molecule has 112 valence electrons. The molecule has 0 bridgehead atoms. The first-order valence-electron chi connectivity index (χ1n) is 6.79. The van der Waals surface area contributed by atoms with Gasteiger partial charge in [0.15, 0.2) is 0 Å². The Balaban J connectivity index is 2.29. The second-order valence-electron chi connectivity index (χ2n) is 5.13. The van der Waals surface area contributed by atoms with Crippen LogP contribution in [0.5, 0.6) is 0 Å². The number of carbonyl (C=O) groups excluding carboxylic acids is 1. The maximum absolute atomic E-state index is 12.0. The van der Waals surface area contributed by atoms with Crippen LogP contribution >= 0.6 is 0 Å². The average Bonchev–Trinajstić information content (AvgIpc) is 2.91. The van der Waals surface area contributed by atoms with Crippen LogP contribution in [0.15, 0.2) is 12.7 Å². The third-order valence-corrected chi connectivity index (χ3v) is 3.30. The van der Waals surface area contributed by atoms with Crippen molar-refractivity contribution in [2.75, 3.05) is 0 Å². The number of amides is 1. The molecule has 0 saturated heterocycles. The van der Waals surface area contributed by atoms with Crippen molar-refractivity contribution in [2.24, 2.45) is 5.92 Å². The zero-order valence-electron chi connectivity index (χ0n) is 12.1. The van der Waals surface area contributed by atoms with Gasteiger partial charge in [0.1, 0.15) is 18.7 Å². The van der Waals surface area contributed by atoms with E-state index in [1.165, 1.54) is 17.3 Å². The lowest BCUT2D eigenvalue weighted by Gasteiger charge is -2.18. The van der Waals surface area contributed by atoms with E-state index in [2.05, 4.69) is 15.4 Å². The summed E-state index contributed by atoms with van der Waals surface area (Å²) in [6, 6.07) is -0.396. The second kappa shape index (κ2) is 7.62. The normalized spacial score (nSPS) is 15.3. The highest BCUT2D eigenvalue weighted by Crippen LogP contribution is 2.10. The predicted molar refractivity (Wildman–Crippen MR) is 73.0 cm³/mol. The van der Waals surface area contributed by atoms with E-state index in [0.717, 1.165) is 12.8 Å². The smallest absolute Gasteiger partial charge is 0.306 e. The molecule has 20 heavy (non-hydrogen) atoms. The molecule has 1 rings (SSSR count). The van der Waals surface area contributed by atoms with Gasteiger partial charge in [0.2, 0.25) is 5.91 Å². The summed E-state index contributed by atoms with van der Waals surface area (Å²) >= 11 is 0. The molecule has 7 nitrogen and oxygen atoms in total. The third-order valence-electron chi connectivity index (χ3n) is 3.30. The highest BCUT2D eigenvalue weighted by molar-refractivity contribution is 5.79. The number of carboxylic acids is 1. The molecule has 0 aromatic carbocycles. The van der Waals surface area contributed by atoms with Crippen molar-refractivity contribution in [2.45, 2.75) is 52.1 Å². The van der Waals surface area contributed by atoms with Gasteiger partial charge in [0.05, 0.1) is 5.92 Å². The minimum absolute atomic E-state index is 0.00877. The van der Waals surface area contributed by atoms with Crippen molar-refractivity contribution in [3.8, 4) is 0 Å². The minimum atomic E-state index is -0.776. The van der Waals surface area contributed by atoms with E-state index < -0.39 is 12.0 Å². The van der Waals surface area contributed by atoms with Gasteiger partial charge in [-0.1, -0.05) is 13.3 Å².